The van der Waals surface area contributed by atoms with E-state index in [0.29, 0.717) is 28.7 Å². The van der Waals surface area contributed by atoms with Crippen molar-refractivity contribution < 1.29 is 23.8 Å². The molecule has 0 unspecified atom stereocenters. The number of ether oxygens (including phenoxy) is 2. The SMILES string of the molecule is COc1ccc(-c2ccc(CO)o2)cc1NC(=O)COc1ccc(C)c(C)c1. The van der Waals surface area contributed by atoms with Gasteiger partial charge < -0.3 is 24.3 Å². The van der Waals surface area contributed by atoms with Crippen LogP contribution in [0.5, 0.6) is 11.5 Å². The second-order valence-electron chi connectivity index (χ2n) is 6.42. The standard InChI is InChI=1S/C22H23NO5/c1-14-4-6-17(10-15(14)2)27-13-22(25)23-19-11-16(5-8-21(19)26-3)20-9-7-18(12-24)28-20/h4-11,24H,12-13H2,1-3H3,(H,23,25). The van der Waals surface area contributed by atoms with Gasteiger partial charge in [0, 0.05) is 5.56 Å². The second-order valence-corrected chi connectivity index (χ2v) is 6.42. The summed E-state index contributed by atoms with van der Waals surface area (Å²) < 4.78 is 16.5. The Morgan fingerprint density at radius 1 is 1.07 bits per heavy atom. The molecule has 0 fully saturated rings. The number of aliphatic hydroxyl groups is 1. The van der Waals surface area contributed by atoms with Crippen LogP contribution < -0.4 is 14.8 Å². The first kappa shape index (κ1) is 19.5. The van der Waals surface area contributed by atoms with Gasteiger partial charge in [0.05, 0.1) is 12.8 Å². The number of aryl methyl sites for hydroxylation is 2. The van der Waals surface area contributed by atoms with Gasteiger partial charge in [-0.25, -0.2) is 0 Å². The van der Waals surface area contributed by atoms with E-state index in [1.165, 1.54) is 12.7 Å². The molecule has 2 N–H and O–H groups in total. The number of methoxy groups -OCH3 is 1. The van der Waals surface area contributed by atoms with E-state index in [9.17, 15) is 4.79 Å². The van der Waals surface area contributed by atoms with Gasteiger partial charge in [0.15, 0.2) is 6.61 Å². The molecule has 1 aromatic heterocycles. The fourth-order valence-electron chi connectivity index (χ4n) is 2.72. The highest BCUT2D eigenvalue weighted by Gasteiger charge is 2.12. The Bertz CT molecular complexity index is 977. The molecule has 6 nitrogen and oxygen atoms in total. The molecule has 3 rings (SSSR count). The lowest BCUT2D eigenvalue weighted by Gasteiger charge is -2.12. The van der Waals surface area contributed by atoms with Crippen LogP contribution in [-0.2, 0) is 11.4 Å². The maximum Gasteiger partial charge on any atom is 0.262 e. The van der Waals surface area contributed by atoms with E-state index in [-0.39, 0.29) is 19.1 Å². The third kappa shape index (κ3) is 4.53. The minimum absolute atomic E-state index is 0.120. The summed E-state index contributed by atoms with van der Waals surface area (Å²) in [4.78, 5) is 12.4. The number of benzene rings is 2. The summed E-state index contributed by atoms with van der Waals surface area (Å²) in [6.07, 6.45) is 0. The van der Waals surface area contributed by atoms with Crippen molar-refractivity contribution in [2.75, 3.05) is 19.0 Å². The molecule has 0 spiro atoms. The summed E-state index contributed by atoms with van der Waals surface area (Å²) in [5.41, 5.74) is 3.54. The van der Waals surface area contributed by atoms with Gasteiger partial charge in [-0.1, -0.05) is 6.07 Å². The Morgan fingerprint density at radius 3 is 2.57 bits per heavy atom. The normalized spacial score (nSPS) is 10.6. The number of amides is 1. The Morgan fingerprint density at radius 2 is 1.89 bits per heavy atom. The van der Waals surface area contributed by atoms with Gasteiger partial charge in [0.25, 0.3) is 5.91 Å². The molecule has 0 radical (unpaired) electrons. The summed E-state index contributed by atoms with van der Waals surface area (Å²) in [5, 5.41) is 12.0. The van der Waals surface area contributed by atoms with Crippen molar-refractivity contribution in [1.82, 2.24) is 0 Å². The average molecular weight is 381 g/mol. The molecule has 0 aliphatic rings. The van der Waals surface area contributed by atoms with E-state index in [0.717, 1.165) is 11.1 Å². The first-order valence-corrected chi connectivity index (χ1v) is 8.88. The molecule has 0 atom stereocenters. The van der Waals surface area contributed by atoms with Gasteiger partial charge in [0.2, 0.25) is 0 Å². The number of carbonyl (C=O) groups excluding carboxylic acids is 1. The van der Waals surface area contributed by atoms with Gasteiger partial charge in [-0.15, -0.1) is 0 Å². The third-order valence-corrected chi connectivity index (χ3v) is 4.42. The van der Waals surface area contributed by atoms with Crippen molar-refractivity contribution in [2.45, 2.75) is 20.5 Å². The number of furan rings is 1. The highest BCUT2D eigenvalue weighted by Crippen LogP contribution is 2.31. The summed E-state index contributed by atoms with van der Waals surface area (Å²) >= 11 is 0. The topological polar surface area (TPSA) is 80.9 Å². The molecule has 28 heavy (non-hydrogen) atoms. The zero-order valence-electron chi connectivity index (χ0n) is 16.1. The molecule has 146 valence electrons. The number of rotatable bonds is 7. The molecule has 3 aromatic rings. The van der Waals surface area contributed by atoms with Crippen LogP contribution in [0.2, 0.25) is 0 Å². The van der Waals surface area contributed by atoms with Crippen LogP contribution in [0.25, 0.3) is 11.3 Å². The van der Waals surface area contributed by atoms with Gasteiger partial charge in [-0.3, -0.25) is 4.79 Å². The number of nitrogens with one attached hydrogen (secondary N) is 1. The quantitative estimate of drug-likeness (QED) is 0.644. The smallest absolute Gasteiger partial charge is 0.262 e. The fraction of sp³-hybridized carbons (Fsp3) is 0.227. The highest BCUT2D eigenvalue weighted by atomic mass is 16.5. The van der Waals surface area contributed by atoms with E-state index in [2.05, 4.69) is 5.32 Å². The number of carbonyl (C=O) groups is 1. The van der Waals surface area contributed by atoms with Crippen LogP contribution in [0.3, 0.4) is 0 Å². The third-order valence-electron chi connectivity index (χ3n) is 4.42. The van der Waals surface area contributed by atoms with Gasteiger partial charge in [-0.05, 0) is 67.4 Å². The number of hydrogen-bond donors (Lipinski definition) is 2. The Balaban J connectivity index is 1.71. The summed E-state index contributed by atoms with van der Waals surface area (Å²) in [6.45, 7) is 3.73. The highest BCUT2D eigenvalue weighted by molar-refractivity contribution is 5.94. The molecule has 0 aliphatic heterocycles. The van der Waals surface area contributed by atoms with Crippen molar-refractivity contribution in [1.29, 1.82) is 0 Å². The minimum Gasteiger partial charge on any atom is -0.495 e. The maximum atomic E-state index is 12.4. The van der Waals surface area contributed by atoms with Crippen molar-refractivity contribution in [2.24, 2.45) is 0 Å². The number of anilines is 1. The minimum atomic E-state index is -0.302. The monoisotopic (exact) mass is 381 g/mol. The summed E-state index contributed by atoms with van der Waals surface area (Å²) in [5.74, 6) is 1.93. The number of aliphatic hydroxyl groups excluding tert-OH is 1. The maximum absolute atomic E-state index is 12.4. The van der Waals surface area contributed by atoms with Crippen LogP contribution in [0.4, 0.5) is 5.69 Å². The van der Waals surface area contributed by atoms with E-state index >= 15 is 0 Å². The summed E-state index contributed by atoms with van der Waals surface area (Å²) in [6, 6.07) is 14.5. The first-order chi connectivity index (χ1) is 13.5. The molecule has 0 aliphatic carbocycles. The van der Waals surface area contributed by atoms with Crippen LogP contribution in [0, 0.1) is 13.8 Å². The van der Waals surface area contributed by atoms with Crippen LogP contribution in [-0.4, -0.2) is 24.7 Å². The van der Waals surface area contributed by atoms with Gasteiger partial charge >= 0.3 is 0 Å². The lowest BCUT2D eigenvalue weighted by Crippen LogP contribution is -2.20. The first-order valence-electron chi connectivity index (χ1n) is 8.88. The van der Waals surface area contributed by atoms with Gasteiger partial charge in [-0.2, -0.15) is 0 Å². The fourth-order valence-corrected chi connectivity index (χ4v) is 2.72. The summed E-state index contributed by atoms with van der Waals surface area (Å²) in [7, 11) is 1.53. The van der Waals surface area contributed by atoms with E-state index in [4.69, 9.17) is 19.0 Å². The van der Waals surface area contributed by atoms with Crippen LogP contribution in [0.1, 0.15) is 16.9 Å². The molecule has 0 saturated carbocycles. The van der Waals surface area contributed by atoms with E-state index in [1.807, 2.05) is 38.1 Å². The molecule has 6 heteroatoms. The Kier molecular flexibility index (Phi) is 6.01. The van der Waals surface area contributed by atoms with Crippen molar-refractivity contribution >= 4 is 11.6 Å². The van der Waals surface area contributed by atoms with Crippen LogP contribution >= 0.6 is 0 Å². The average Bonchev–Trinajstić information content (AvgIpc) is 3.18. The predicted octanol–water partition coefficient (Wildman–Crippen LogP) is 4.08. The molecule has 1 amide bonds. The van der Waals surface area contributed by atoms with E-state index < -0.39 is 0 Å². The molecule has 2 aromatic carbocycles. The Hall–Kier alpha value is -3.25. The van der Waals surface area contributed by atoms with Gasteiger partial charge in [0.1, 0.15) is 29.6 Å². The van der Waals surface area contributed by atoms with Crippen LogP contribution in [0.15, 0.2) is 52.9 Å². The molecule has 1 heterocycles. The zero-order chi connectivity index (χ0) is 20.1. The predicted molar refractivity (Wildman–Crippen MR) is 107 cm³/mol. The lowest BCUT2D eigenvalue weighted by atomic mass is 10.1. The zero-order valence-corrected chi connectivity index (χ0v) is 16.1. The van der Waals surface area contributed by atoms with E-state index in [1.54, 1.807) is 24.3 Å². The lowest BCUT2D eigenvalue weighted by molar-refractivity contribution is -0.118. The van der Waals surface area contributed by atoms with Crippen molar-refractivity contribution in [3.05, 3.63) is 65.4 Å². The number of hydrogen-bond acceptors (Lipinski definition) is 5. The molecular weight excluding hydrogens is 358 g/mol. The molecule has 0 bridgehead atoms. The second kappa shape index (κ2) is 8.63. The molecule has 0 saturated heterocycles. The Labute approximate surface area is 163 Å². The largest absolute Gasteiger partial charge is 0.495 e. The molecular formula is C22H23NO5. The van der Waals surface area contributed by atoms with Crippen molar-refractivity contribution in [3.63, 3.8) is 0 Å². The van der Waals surface area contributed by atoms with Crippen molar-refractivity contribution in [3.8, 4) is 22.8 Å².